The molecule has 2 aromatic rings. The van der Waals surface area contributed by atoms with Gasteiger partial charge in [-0.2, -0.15) is 14.8 Å². The Morgan fingerprint density at radius 3 is 2.89 bits per heavy atom. The lowest BCUT2D eigenvalue weighted by atomic mass is 9.86. The van der Waals surface area contributed by atoms with E-state index in [-0.39, 0.29) is 29.6 Å². The minimum atomic E-state index is -0.181. The van der Waals surface area contributed by atoms with Crippen molar-refractivity contribution < 1.29 is 9.59 Å². The molecule has 1 atom stereocenters. The molecule has 0 aromatic carbocycles. The molecule has 1 N–H and O–H groups in total. The van der Waals surface area contributed by atoms with Crippen LogP contribution < -0.4 is 5.32 Å². The normalized spacial score (nSPS) is 22.1. The molecule has 3 heterocycles. The van der Waals surface area contributed by atoms with Gasteiger partial charge < -0.3 is 5.32 Å². The van der Waals surface area contributed by atoms with Crippen LogP contribution in [0.1, 0.15) is 38.5 Å². The van der Waals surface area contributed by atoms with E-state index in [0.717, 1.165) is 54.8 Å². The number of rotatable bonds is 3. The highest BCUT2D eigenvalue weighted by molar-refractivity contribution is 7.13. The summed E-state index contributed by atoms with van der Waals surface area (Å²) in [6.45, 7) is 0. The molecule has 138 valence electrons. The number of thiophene rings is 1. The van der Waals surface area contributed by atoms with Crippen LogP contribution >= 0.6 is 11.3 Å². The molecule has 0 saturated heterocycles. The Balaban J connectivity index is 1.54. The van der Waals surface area contributed by atoms with Crippen LogP contribution in [0.2, 0.25) is 0 Å². The Morgan fingerprint density at radius 1 is 1.22 bits per heavy atom. The van der Waals surface area contributed by atoms with E-state index in [1.165, 1.54) is 4.68 Å². The molecule has 1 unspecified atom stereocenters. The zero-order chi connectivity index (χ0) is 18.4. The maximum Gasteiger partial charge on any atom is 0.257 e. The molecule has 2 aromatic heterocycles. The van der Waals surface area contributed by atoms with E-state index in [9.17, 15) is 9.59 Å². The van der Waals surface area contributed by atoms with Crippen molar-refractivity contribution in [3.63, 3.8) is 0 Å². The van der Waals surface area contributed by atoms with Gasteiger partial charge >= 0.3 is 0 Å². The molecule has 7 nitrogen and oxygen atoms in total. The van der Waals surface area contributed by atoms with Gasteiger partial charge in [-0.1, -0.05) is 12.5 Å². The molecule has 2 aliphatic carbocycles. The first-order valence-corrected chi connectivity index (χ1v) is 10.2. The first-order chi connectivity index (χ1) is 13.2. The van der Waals surface area contributed by atoms with E-state index in [4.69, 9.17) is 0 Å². The van der Waals surface area contributed by atoms with Gasteiger partial charge in [0, 0.05) is 17.7 Å². The molecule has 8 heteroatoms. The van der Waals surface area contributed by atoms with E-state index in [1.54, 1.807) is 11.3 Å². The molecule has 2 amide bonds. The SMILES string of the molecule is O=C(Nc1cc(-c2cccs2)nn1C1=NC(=O)C2CCCCC2=N1)C1CC1. The summed E-state index contributed by atoms with van der Waals surface area (Å²) in [6.07, 6.45) is 5.55. The van der Waals surface area contributed by atoms with Crippen LogP contribution in [-0.2, 0) is 9.59 Å². The monoisotopic (exact) mass is 381 g/mol. The van der Waals surface area contributed by atoms with E-state index in [0.29, 0.717) is 5.82 Å². The summed E-state index contributed by atoms with van der Waals surface area (Å²) in [7, 11) is 0. The van der Waals surface area contributed by atoms with Crippen molar-refractivity contribution in [3.05, 3.63) is 23.6 Å². The van der Waals surface area contributed by atoms with E-state index < -0.39 is 0 Å². The maximum atomic E-state index is 12.5. The summed E-state index contributed by atoms with van der Waals surface area (Å²) < 4.78 is 1.51. The van der Waals surface area contributed by atoms with Crippen molar-refractivity contribution in [3.8, 4) is 10.6 Å². The van der Waals surface area contributed by atoms with Crippen LogP contribution in [0, 0.1) is 11.8 Å². The van der Waals surface area contributed by atoms with E-state index in [1.807, 2.05) is 23.6 Å². The van der Waals surface area contributed by atoms with Crippen LogP contribution in [0.15, 0.2) is 33.6 Å². The van der Waals surface area contributed by atoms with Gasteiger partial charge in [0.05, 0.1) is 10.8 Å². The van der Waals surface area contributed by atoms with Crippen LogP contribution in [-0.4, -0.2) is 33.3 Å². The van der Waals surface area contributed by atoms with Gasteiger partial charge in [-0.25, -0.2) is 4.99 Å². The lowest BCUT2D eigenvalue weighted by Crippen LogP contribution is -2.33. The zero-order valence-corrected chi connectivity index (χ0v) is 15.5. The second-order valence-corrected chi connectivity index (χ2v) is 8.17. The number of amides is 2. The van der Waals surface area contributed by atoms with E-state index in [2.05, 4.69) is 20.4 Å². The number of aromatic nitrogens is 2. The van der Waals surface area contributed by atoms with Gasteiger partial charge in [0.25, 0.3) is 11.9 Å². The van der Waals surface area contributed by atoms with Crippen molar-refractivity contribution in [2.75, 3.05) is 5.32 Å². The Morgan fingerprint density at radius 2 is 2.11 bits per heavy atom. The Kier molecular flexibility index (Phi) is 4.00. The predicted molar refractivity (Wildman–Crippen MR) is 104 cm³/mol. The average molecular weight is 381 g/mol. The molecule has 5 rings (SSSR count). The molecule has 2 fully saturated rings. The second kappa shape index (κ2) is 6.53. The largest absolute Gasteiger partial charge is 0.310 e. The molecular formula is C19H19N5O2S. The summed E-state index contributed by atoms with van der Waals surface area (Å²) >= 11 is 1.57. The fourth-order valence-electron chi connectivity index (χ4n) is 3.56. The highest BCUT2D eigenvalue weighted by Gasteiger charge is 2.33. The van der Waals surface area contributed by atoms with Gasteiger partial charge in [-0.05, 0) is 43.6 Å². The number of carbonyl (C=O) groups is 2. The zero-order valence-electron chi connectivity index (χ0n) is 14.7. The first kappa shape index (κ1) is 16.6. The lowest BCUT2D eigenvalue weighted by molar-refractivity contribution is -0.120. The van der Waals surface area contributed by atoms with Crippen LogP contribution in [0.3, 0.4) is 0 Å². The number of nitrogens with one attached hydrogen (secondary N) is 1. The summed E-state index contributed by atoms with van der Waals surface area (Å²) in [4.78, 5) is 34.6. The third-order valence-corrected chi connectivity index (χ3v) is 6.09. The van der Waals surface area contributed by atoms with Crippen molar-refractivity contribution in [1.82, 2.24) is 9.78 Å². The second-order valence-electron chi connectivity index (χ2n) is 7.22. The Labute approximate surface area is 160 Å². The molecule has 0 radical (unpaired) electrons. The summed E-state index contributed by atoms with van der Waals surface area (Å²) in [6, 6.07) is 5.75. The van der Waals surface area contributed by atoms with Gasteiger partial charge in [0.2, 0.25) is 5.91 Å². The van der Waals surface area contributed by atoms with Crippen LogP contribution in [0.5, 0.6) is 0 Å². The number of carbonyl (C=O) groups excluding carboxylic acids is 2. The highest BCUT2D eigenvalue weighted by atomic mass is 32.1. The maximum absolute atomic E-state index is 12.5. The smallest absolute Gasteiger partial charge is 0.257 e. The van der Waals surface area contributed by atoms with E-state index >= 15 is 0 Å². The number of hydrogen-bond donors (Lipinski definition) is 1. The van der Waals surface area contributed by atoms with Crippen LogP contribution in [0.25, 0.3) is 10.6 Å². The number of anilines is 1. The number of aliphatic imine (C=N–C) groups is 2. The number of hydrogen-bond acceptors (Lipinski definition) is 5. The first-order valence-electron chi connectivity index (χ1n) is 9.34. The third-order valence-electron chi connectivity index (χ3n) is 5.20. The van der Waals surface area contributed by atoms with Crippen molar-refractivity contribution >= 4 is 40.6 Å². The molecule has 0 bridgehead atoms. The fraction of sp³-hybridized carbons (Fsp3) is 0.421. The van der Waals surface area contributed by atoms with Gasteiger partial charge in [-0.3, -0.25) is 9.59 Å². The summed E-state index contributed by atoms with van der Waals surface area (Å²) in [5.41, 5.74) is 1.63. The lowest BCUT2D eigenvalue weighted by Gasteiger charge is -2.24. The summed E-state index contributed by atoms with van der Waals surface area (Å²) in [5.74, 6) is 0.492. The molecular weight excluding hydrogens is 362 g/mol. The minimum absolute atomic E-state index is 0.0141. The fourth-order valence-corrected chi connectivity index (χ4v) is 4.24. The third kappa shape index (κ3) is 3.14. The summed E-state index contributed by atoms with van der Waals surface area (Å²) in [5, 5.41) is 9.52. The van der Waals surface area contributed by atoms with Gasteiger partial charge in [0.1, 0.15) is 11.5 Å². The van der Waals surface area contributed by atoms with Crippen molar-refractivity contribution in [2.24, 2.45) is 21.8 Å². The Hall–Kier alpha value is -2.61. The van der Waals surface area contributed by atoms with Gasteiger partial charge in [0.15, 0.2) is 0 Å². The minimum Gasteiger partial charge on any atom is -0.310 e. The topological polar surface area (TPSA) is 88.7 Å². The van der Waals surface area contributed by atoms with Crippen molar-refractivity contribution in [2.45, 2.75) is 38.5 Å². The molecule has 3 aliphatic rings. The number of nitrogens with zero attached hydrogens (tertiary/aromatic N) is 4. The quantitative estimate of drug-likeness (QED) is 0.884. The average Bonchev–Trinajstić information content (AvgIpc) is 3.22. The number of fused-ring (bicyclic) bond motifs is 1. The molecule has 1 aliphatic heterocycles. The molecule has 2 saturated carbocycles. The predicted octanol–water partition coefficient (Wildman–Crippen LogP) is 3.34. The highest BCUT2D eigenvalue weighted by Crippen LogP contribution is 2.32. The van der Waals surface area contributed by atoms with Gasteiger partial charge in [-0.15, -0.1) is 11.3 Å². The van der Waals surface area contributed by atoms with Crippen LogP contribution in [0.4, 0.5) is 5.82 Å². The standard InChI is InChI=1S/C19H19N5O2S/c25-17(11-7-8-11)21-16-10-14(15-6-3-9-27-15)23-24(16)19-20-13-5-2-1-4-12(13)18(26)22-19/h3,6,9-12H,1-2,4-5,7-8H2,(H,21,25). The molecule has 0 spiro atoms. The van der Waals surface area contributed by atoms with Crippen molar-refractivity contribution in [1.29, 1.82) is 0 Å². The molecule has 27 heavy (non-hydrogen) atoms. The Bertz CT molecular complexity index is 968.